The molecule has 0 saturated carbocycles. The molecule has 4 heterocycles. The largest absolute Gasteiger partial charge is 0.328 e. The number of fused-ring (bicyclic) bond motifs is 1. The molecule has 2 N–H and O–H groups in total. The van der Waals surface area contributed by atoms with E-state index in [2.05, 4.69) is 28.6 Å². The van der Waals surface area contributed by atoms with E-state index in [0.717, 1.165) is 19.3 Å². The second-order valence-corrected chi connectivity index (χ2v) is 14.0. The van der Waals surface area contributed by atoms with Gasteiger partial charge in [-0.05, 0) is 31.3 Å². The first-order valence-electron chi connectivity index (χ1n) is 10.9. The average molecular weight is 523 g/mol. The maximum Gasteiger partial charge on any atom is 0.328 e. The van der Waals surface area contributed by atoms with Gasteiger partial charge < -0.3 is 4.90 Å². The maximum absolute atomic E-state index is 12.7. The van der Waals surface area contributed by atoms with Gasteiger partial charge in [-0.15, -0.1) is 0 Å². The third kappa shape index (κ3) is 4.95. The highest BCUT2D eigenvalue weighted by atomic mass is 32.2. The maximum atomic E-state index is 12.7. The Kier molecular flexibility index (Phi) is 6.49. The van der Waals surface area contributed by atoms with Crippen molar-refractivity contribution in [3.05, 3.63) is 23.5 Å². The fraction of sp³-hybridized carbons (Fsp3) is 0.545. The van der Waals surface area contributed by atoms with Crippen LogP contribution in [0, 0.1) is 29.6 Å². The molecule has 1 aromatic heterocycles. The van der Waals surface area contributed by atoms with E-state index in [9.17, 15) is 26.4 Å². The molecule has 3 aliphatic heterocycles. The van der Waals surface area contributed by atoms with Gasteiger partial charge in [-0.3, -0.25) is 19.5 Å². The highest BCUT2D eigenvalue weighted by Gasteiger charge is 2.44. The third-order valence-electron chi connectivity index (χ3n) is 6.85. The van der Waals surface area contributed by atoms with Crippen molar-refractivity contribution in [2.24, 2.45) is 5.92 Å². The number of likely N-dealkylation sites (tertiary alicyclic amines) is 1. The van der Waals surface area contributed by atoms with Crippen LogP contribution in [0.3, 0.4) is 0 Å². The topological polar surface area (TPSA) is 146 Å². The Morgan fingerprint density at radius 2 is 1.97 bits per heavy atom. The summed E-state index contributed by atoms with van der Waals surface area (Å²) in [6, 6.07) is 1.52. The summed E-state index contributed by atoms with van der Waals surface area (Å²) in [6.07, 6.45) is 2.32. The number of sulfone groups is 2. The van der Waals surface area contributed by atoms with Gasteiger partial charge in [0.1, 0.15) is 0 Å². The fourth-order valence-electron chi connectivity index (χ4n) is 4.29. The highest BCUT2D eigenvalue weighted by molar-refractivity contribution is 7.93. The molecule has 0 radical (unpaired) electrons. The lowest BCUT2D eigenvalue weighted by Gasteiger charge is -2.45. The summed E-state index contributed by atoms with van der Waals surface area (Å²) in [5, 5.41) is 8.92. The van der Waals surface area contributed by atoms with Gasteiger partial charge in [0.15, 0.2) is 24.4 Å². The van der Waals surface area contributed by atoms with E-state index in [-0.39, 0.29) is 49.0 Å². The minimum absolute atomic E-state index is 0.00911. The first-order chi connectivity index (χ1) is 16.3. The Bertz CT molecular complexity index is 1390. The molecule has 2 fully saturated rings. The van der Waals surface area contributed by atoms with E-state index >= 15 is 0 Å². The predicted octanol–water partition coefficient (Wildman–Crippen LogP) is -0.946. The summed E-state index contributed by atoms with van der Waals surface area (Å²) < 4.78 is 46.3. The Balaban J connectivity index is 1.30. The van der Waals surface area contributed by atoms with Gasteiger partial charge in [0.05, 0.1) is 18.1 Å². The minimum atomic E-state index is -3.85. The number of carbonyl (C=O) groups excluding carboxylic acids is 2. The van der Waals surface area contributed by atoms with Gasteiger partial charge in [0, 0.05) is 55.3 Å². The monoisotopic (exact) mass is 522 g/mol. The first kappa shape index (κ1) is 25.3. The van der Waals surface area contributed by atoms with E-state index in [1.807, 2.05) is 0 Å². The van der Waals surface area contributed by atoms with E-state index in [0.29, 0.717) is 11.3 Å². The molecule has 188 valence electrons. The van der Waals surface area contributed by atoms with E-state index in [1.54, 1.807) is 12.3 Å². The molecule has 13 heteroatoms. The Labute approximate surface area is 204 Å². The van der Waals surface area contributed by atoms with Crippen LogP contribution < -0.4 is 5.48 Å². The normalized spacial score (nSPS) is 21.5. The molecule has 2 amide bonds. The van der Waals surface area contributed by atoms with Crippen molar-refractivity contribution in [3.8, 4) is 23.7 Å². The van der Waals surface area contributed by atoms with Gasteiger partial charge in [0.2, 0.25) is 0 Å². The zero-order valence-corrected chi connectivity index (χ0v) is 20.9. The predicted molar refractivity (Wildman–Crippen MR) is 126 cm³/mol. The number of nitrogens with one attached hydrogen (secondary N) is 1. The Morgan fingerprint density at radius 1 is 1.29 bits per heavy atom. The van der Waals surface area contributed by atoms with E-state index in [4.69, 9.17) is 5.21 Å². The molecule has 4 rings (SSSR count). The van der Waals surface area contributed by atoms with Crippen molar-refractivity contribution in [1.29, 1.82) is 0 Å². The number of rotatable bonds is 6. The van der Waals surface area contributed by atoms with Crippen LogP contribution >= 0.6 is 0 Å². The zero-order chi connectivity index (χ0) is 25.6. The number of hydroxylamine groups is 1. The summed E-state index contributed by atoms with van der Waals surface area (Å²) >= 11 is 0. The number of aromatic nitrogens is 1. The van der Waals surface area contributed by atoms with Crippen molar-refractivity contribution in [2.75, 3.05) is 37.4 Å². The molecule has 0 spiro atoms. The van der Waals surface area contributed by atoms with Crippen LogP contribution in [0.4, 0.5) is 4.79 Å². The van der Waals surface area contributed by atoms with Crippen LogP contribution in [-0.4, -0.2) is 96.5 Å². The number of hydrogen-bond acceptors (Lipinski definition) is 8. The van der Waals surface area contributed by atoms with Crippen LogP contribution in [0.5, 0.6) is 0 Å². The van der Waals surface area contributed by atoms with Gasteiger partial charge in [-0.1, -0.05) is 11.8 Å². The molecule has 0 bridgehead atoms. The fourth-order valence-corrected chi connectivity index (χ4v) is 6.63. The molecule has 1 unspecified atom stereocenters. The second-order valence-electron chi connectivity index (χ2n) is 9.39. The smallest absolute Gasteiger partial charge is 0.318 e. The average Bonchev–Trinajstić information content (AvgIpc) is 3.25. The summed E-state index contributed by atoms with van der Waals surface area (Å²) in [4.78, 5) is 28.2. The van der Waals surface area contributed by atoms with Crippen LogP contribution in [0.15, 0.2) is 12.3 Å². The van der Waals surface area contributed by atoms with Crippen molar-refractivity contribution in [1.82, 2.24) is 19.8 Å². The standard InChI is InChI=1S/C22H26N4O7S2/c1-22(20(27)23-29,34(2,30)31)7-8-24-13-18-9-16(12-26(18)21(24)28)5-3-4-6-17-10-25(11-17)19-14-35(32,33)15-19/h9,12,17,19,29H,7-8,10-11,13-15H2,1-2H3,(H,23,27). The lowest BCUT2D eigenvalue weighted by molar-refractivity contribution is -0.131. The quantitative estimate of drug-likeness (QED) is 0.276. The molecule has 0 aliphatic carbocycles. The molecule has 3 aliphatic rings. The molecule has 35 heavy (non-hydrogen) atoms. The number of amides is 2. The number of nitrogens with zero attached hydrogens (tertiary/aromatic N) is 3. The van der Waals surface area contributed by atoms with Crippen LogP contribution in [0.25, 0.3) is 0 Å². The Hall–Kier alpha value is -2.84. The first-order valence-corrected chi connectivity index (χ1v) is 14.6. The Morgan fingerprint density at radius 3 is 2.54 bits per heavy atom. The minimum Gasteiger partial charge on any atom is -0.318 e. The van der Waals surface area contributed by atoms with E-state index in [1.165, 1.54) is 21.9 Å². The number of carbonyl (C=O) groups is 2. The lowest BCUT2D eigenvalue weighted by atomic mass is 9.99. The summed E-state index contributed by atoms with van der Waals surface area (Å²) in [5.41, 5.74) is 2.70. The van der Waals surface area contributed by atoms with Gasteiger partial charge in [-0.25, -0.2) is 27.1 Å². The van der Waals surface area contributed by atoms with Crippen LogP contribution in [0.2, 0.25) is 0 Å². The highest BCUT2D eigenvalue weighted by Crippen LogP contribution is 2.26. The van der Waals surface area contributed by atoms with Crippen molar-refractivity contribution >= 4 is 31.6 Å². The summed E-state index contributed by atoms with van der Waals surface area (Å²) in [6.45, 7) is 2.95. The molecule has 11 nitrogen and oxygen atoms in total. The molecule has 0 aromatic carbocycles. The summed E-state index contributed by atoms with van der Waals surface area (Å²) in [5.74, 6) is 11.2. The van der Waals surface area contributed by atoms with Crippen LogP contribution in [0.1, 0.15) is 24.6 Å². The van der Waals surface area contributed by atoms with Crippen LogP contribution in [-0.2, 0) is 31.0 Å². The molecular formula is C22H26N4O7S2. The zero-order valence-electron chi connectivity index (χ0n) is 19.3. The van der Waals surface area contributed by atoms with Gasteiger partial charge in [-0.2, -0.15) is 0 Å². The van der Waals surface area contributed by atoms with E-state index < -0.39 is 30.3 Å². The van der Waals surface area contributed by atoms with Gasteiger partial charge >= 0.3 is 6.03 Å². The molecule has 1 atom stereocenters. The third-order valence-corrected chi connectivity index (χ3v) is 10.7. The number of hydrogen-bond donors (Lipinski definition) is 2. The lowest BCUT2D eigenvalue weighted by Crippen LogP contribution is -2.61. The van der Waals surface area contributed by atoms with Crippen molar-refractivity contribution in [2.45, 2.75) is 30.7 Å². The second kappa shape index (κ2) is 8.99. The van der Waals surface area contributed by atoms with Crippen molar-refractivity contribution < 1.29 is 31.6 Å². The van der Waals surface area contributed by atoms with Gasteiger partial charge in [0.25, 0.3) is 5.91 Å². The summed E-state index contributed by atoms with van der Waals surface area (Å²) in [7, 11) is -6.67. The molecular weight excluding hydrogens is 496 g/mol. The van der Waals surface area contributed by atoms with Crippen molar-refractivity contribution in [3.63, 3.8) is 0 Å². The molecule has 1 aromatic rings. The molecule has 2 saturated heterocycles. The SMILES string of the molecule is CC(CCN1Cc2cc(C#CC#CC3CN(C4CS(=O)(=O)C4)C3)cn2C1=O)(C(=O)NO)S(C)(=O)=O.